The van der Waals surface area contributed by atoms with Gasteiger partial charge < -0.3 is 19.7 Å². The Morgan fingerprint density at radius 3 is 2.31 bits per heavy atom. The van der Waals surface area contributed by atoms with Crippen LogP contribution in [0.1, 0.15) is 28.9 Å². The number of methoxy groups -OCH3 is 2. The second kappa shape index (κ2) is 4.85. The minimum atomic E-state index is -1.13. The predicted octanol–water partition coefficient (Wildman–Crippen LogP) is 1.46. The van der Waals surface area contributed by atoms with Crippen LogP contribution >= 0.6 is 0 Å². The number of carbonyl (C=O) groups is 1. The number of benzene rings is 1. The summed E-state index contributed by atoms with van der Waals surface area (Å²) in [4.78, 5) is 11.0. The van der Waals surface area contributed by atoms with E-state index in [1.807, 2.05) is 0 Å². The third-order valence-corrected chi connectivity index (χ3v) is 2.21. The van der Waals surface area contributed by atoms with Gasteiger partial charge in [0, 0.05) is 0 Å². The molecule has 0 spiro atoms. The number of carboxylic acids is 1. The highest BCUT2D eigenvalue weighted by molar-refractivity contribution is 5.92. The molecule has 0 aliphatic rings. The van der Waals surface area contributed by atoms with Crippen LogP contribution in [0.25, 0.3) is 0 Å². The molecule has 0 heterocycles. The number of aromatic carboxylic acids is 1. The van der Waals surface area contributed by atoms with Gasteiger partial charge in [0.05, 0.1) is 20.3 Å². The number of rotatable bonds is 4. The molecule has 0 aliphatic heterocycles. The van der Waals surface area contributed by atoms with Gasteiger partial charge in [-0.3, -0.25) is 0 Å². The van der Waals surface area contributed by atoms with Crippen molar-refractivity contribution < 1.29 is 24.5 Å². The van der Waals surface area contributed by atoms with Gasteiger partial charge in [-0.15, -0.1) is 0 Å². The lowest BCUT2D eigenvalue weighted by Gasteiger charge is -2.14. The average molecular weight is 226 g/mol. The molecule has 0 bridgehead atoms. The monoisotopic (exact) mass is 226 g/mol. The predicted molar refractivity (Wildman–Crippen MR) is 57.1 cm³/mol. The smallest absolute Gasteiger partial charge is 0.339 e. The zero-order chi connectivity index (χ0) is 12.3. The summed E-state index contributed by atoms with van der Waals surface area (Å²) < 4.78 is 9.99. The third kappa shape index (κ3) is 2.25. The molecule has 1 rings (SSSR count). The summed E-state index contributed by atoms with van der Waals surface area (Å²) in [5.41, 5.74) is 0.438. The third-order valence-electron chi connectivity index (χ3n) is 2.21. The number of aliphatic hydroxyl groups is 1. The lowest BCUT2D eigenvalue weighted by molar-refractivity contribution is 0.0692. The summed E-state index contributed by atoms with van der Waals surface area (Å²) in [6, 6.07) is 2.92. The van der Waals surface area contributed by atoms with Crippen LogP contribution in [0.3, 0.4) is 0 Å². The van der Waals surface area contributed by atoms with Gasteiger partial charge in [0.25, 0.3) is 0 Å². The molecule has 88 valence electrons. The molecule has 0 amide bonds. The molecule has 1 aromatic carbocycles. The maximum absolute atomic E-state index is 11.0. The summed E-state index contributed by atoms with van der Waals surface area (Å²) in [5.74, 6) is -0.685. The molecule has 0 fully saturated rings. The van der Waals surface area contributed by atoms with Crippen molar-refractivity contribution in [2.75, 3.05) is 14.2 Å². The maximum atomic E-state index is 11.0. The maximum Gasteiger partial charge on any atom is 0.339 e. The van der Waals surface area contributed by atoms with Crippen molar-refractivity contribution in [3.8, 4) is 11.5 Å². The van der Waals surface area contributed by atoms with Gasteiger partial charge in [-0.25, -0.2) is 4.79 Å². The van der Waals surface area contributed by atoms with Crippen molar-refractivity contribution in [3.05, 3.63) is 23.3 Å². The van der Waals surface area contributed by atoms with E-state index in [4.69, 9.17) is 14.6 Å². The molecule has 1 unspecified atom stereocenters. The molecule has 0 saturated carbocycles. The largest absolute Gasteiger partial charge is 0.493 e. The van der Waals surface area contributed by atoms with E-state index < -0.39 is 12.1 Å². The second-order valence-corrected chi connectivity index (χ2v) is 3.29. The van der Waals surface area contributed by atoms with Crippen molar-refractivity contribution in [2.45, 2.75) is 13.0 Å². The summed E-state index contributed by atoms with van der Waals surface area (Å²) in [5, 5.41) is 18.4. The van der Waals surface area contributed by atoms with E-state index in [1.165, 1.54) is 20.3 Å². The molecule has 0 aliphatic carbocycles. The Morgan fingerprint density at radius 2 is 1.94 bits per heavy atom. The molecule has 0 saturated heterocycles. The molecule has 16 heavy (non-hydrogen) atoms. The van der Waals surface area contributed by atoms with Gasteiger partial charge in [0.1, 0.15) is 5.56 Å². The van der Waals surface area contributed by atoms with Crippen LogP contribution in [0.4, 0.5) is 0 Å². The molecule has 1 aromatic rings. The van der Waals surface area contributed by atoms with Gasteiger partial charge in [-0.2, -0.15) is 0 Å². The minimum Gasteiger partial charge on any atom is -0.493 e. The van der Waals surface area contributed by atoms with Crippen molar-refractivity contribution in [2.24, 2.45) is 0 Å². The van der Waals surface area contributed by atoms with E-state index in [0.29, 0.717) is 11.3 Å². The Kier molecular flexibility index (Phi) is 3.73. The molecular formula is C11H14O5. The van der Waals surface area contributed by atoms with Crippen molar-refractivity contribution in [1.29, 1.82) is 0 Å². The molecule has 5 nitrogen and oxygen atoms in total. The summed E-state index contributed by atoms with van der Waals surface area (Å²) in [6.07, 6.45) is -0.766. The Morgan fingerprint density at radius 1 is 1.31 bits per heavy atom. The van der Waals surface area contributed by atoms with Crippen molar-refractivity contribution in [1.82, 2.24) is 0 Å². The highest BCUT2D eigenvalue weighted by atomic mass is 16.5. The molecular weight excluding hydrogens is 212 g/mol. The first-order valence-corrected chi connectivity index (χ1v) is 4.68. The fraction of sp³-hybridized carbons (Fsp3) is 0.364. The van der Waals surface area contributed by atoms with Crippen LogP contribution in [-0.2, 0) is 0 Å². The fourth-order valence-corrected chi connectivity index (χ4v) is 1.39. The van der Waals surface area contributed by atoms with E-state index in [2.05, 4.69) is 0 Å². The van der Waals surface area contributed by atoms with E-state index in [1.54, 1.807) is 13.0 Å². The summed E-state index contributed by atoms with van der Waals surface area (Å²) in [6.45, 7) is 1.55. The summed E-state index contributed by atoms with van der Waals surface area (Å²) >= 11 is 0. The number of hydrogen-bond acceptors (Lipinski definition) is 4. The Bertz CT molecular complexity index is 398. The zero-order valence-corrected chi connectivity index (χ0v) is 9.35. The molecule has 0 radical (unpaired) electrons. The Labute approximate surface area is 93.2 Å². The Balaban J connectivity index is 3.43. The normalized spacial score (nSPS) is 12.0. The van der Waals surface area contributed by atoms with Crippen molar-refractivity contribution >= 4 is 5.97 Å². The number of ether oxygens (including phenoxy) is 2. The number of hydrogen-bond donors (Lipinski definition) is 2. The average Bonchev–Trinajstić information content (AvgIpc) is 2.26. The van der Waals surface area contributed by atoms with E-state index in [0.717, 1.165) is 0 Å². The lowest BCUT2D eigenvalue weighted by Crippen LogP contribution is -2.05. The second-order valence-electron chi connectivity index (χ2n) is 3.29. The first-order chi connectivity index (χ1) is 7.51. The van der Waals surface area contributed by atoms with E-state index in [9.17, 15) is 9.90 Å². The standard InChI is InChI=1S/C11H14O5/c1-6(12)7-4-8(11(13)14)10(16-3)9(5-7)15-2/h4-6,12H,1-3H3,(H,13,14). The topological polar surface area (TPSA) is 76.0 Å². The first-order valence-electron chi connectivity index (χ1n) is 4.68. The Hall–Kier alpha value is -1.75. The SMILES string of the molecule is COc1cc(C(C)O)cc(C(=O)O)c1OC. The number of carboxylic acid groups (broad SMARTS) is 1. The van der Waals surface area contributed by atoms with Crippen LogP contribution in [0.5, 0.6) is 11.5 Å². The van der Waals surface area contributed by atoms with Gasteiger partial charge in [-0.1, -0.05) is 0 Å². The molecule has 2 N–H and O–H groups in total. The molecule has 0 aromatic heterocycles. The quantitative estimate of drug-likeness (QED) is 0.812. The van der Waals surface area contributed by atoms with Gasteiger partial charge in [0.15, 0.2) is 11.5 Å². The fourth-order valence-electron chi connectivity index (χ4n) is 1.39. The van der Waals surface area contributed by atoms with Gasteiger partial charge in [0.2, 0.25) is 0 Å². The highest BCUT2D eigenvalue weighted by Crippen LogP contribution is 2.34. The zero-order valence-electron chi connectivity index (χ0n) is 9.35. The lowest BCUT2D eigenvalue weighted by atomic mass is 10.0. The molecule has 5 heteroatoms. The number of aliphatic hydroxyl groups excluding tert-OH is 1. The van der Waals surface area contributed by atoms with Gasteiger partial charge >= 0.3 is 5.97 Å². The van der Waals surface area contributed by atoms with E-state index in [-0.39, 0.29) is 11.3 Å². The summed E-state index contributed by atoms with van der Waals surface area (Å²) in [7, 11) is 2.78. The van der Waals surface area contributed by atoms with Crippen LogP contribution in [-0.4, -0.2) is 30.4 Å². The minimum absolute atomic E-state index is 0.0299. The van der Waals surface area contributed by atoms with Crippen LogP contribution in [0, 0.1) is 0 Å². The first kappa shape index (κ1) is 12.3. The van der Waals surface area contributed by atoms with Crippen LogP contribution in [0.15, 0.2) is 12.1 Å². The van der Waals surface area contributed by atoms with E-state index >= 15 is 0 Å². The highest BCUT2D eigenvalue weighted by Gasteiger charge is 2.19. The molecule has 1 atom stereocenters. The van der Waals surface area contributed by atoms with Crippen molar-refractivity contribution in [3.63, 3.8) is 0 Å². The van der Waals surface area contributed by atoms with Crippen LogP contribution < -0.4 is 9.47 Å². The van der Waals surface area contributed by atoms with Gasteiger partial charge in [-0.05, 0) is 24.6 Å². The van der Waals surface area contributed by atoms with Crippen LogP contribution in [0.2, 0.25) is 0 Å².